The maximum absolute atomic E-state index is 12.5. The van der Waals surface area contributed by atoms with Gasteiger partial charge in [0.1, 0.15) is 12.4 Å². The first kappa shape index (κ1) is 14.7. The van der Waals surface area contributed by atoms with Crippen LogP contribution in [0.5, 0.6) is 0 Å². The molecule has 2 aromatic rings. The number of carbonyl (C=O) groups is 1. The molecule has 0 aliphatic carbocycles. The number of hydrogen-bond donors (Lipinski definition) is 0. The van der Waals surface area contributed by atoms with Crippen molar-refractivity contribution in [2.24, 2.45) is 0 Å². The summed E-state index contributed by atoms with van der Waals surface area (Å²) < 4.78 is 1.55. The van der Waals surface area contributed by atoms with Gasteiger partial charge in [-0.1, -0.05) is 37.3 Å². The number of aryl methyl sites for hydroxylation is 1. The zero-order chi connectivity index (χ0) is 15.6. The lowest BCUT2D eigenvalue weighted by Gasteiger charge is -2.41. The van der Waals surface area contributed by atoms with E-state index in [1.807, 2.05) is 11.0 Å². The number of amides is 1. The third-order valence-corrected chi connectivity index (χ3v) is 4.52. The highest BCUT2D eigenvalue weighted by atomic mass is 16.2. The van der Waals surface area contributed by atoms with Crippen LogP contribution in [-0.2, 0) is 16.8 Å². The van der Waals surface area contributed by atoms with Gasteiger partial charge in [0.25, 0.3) is 0 Å². The summed E-state index contributed by atoms with van der Waals surface area (Å²) in [5.41, 5.74) is 1.32. The summed E-state index contributed by atoms with van der Waals surface area (Å²) in [5.74, 6) is 0.744. The Kier molecular flexibility index (Phi) is 3.92. The molecular weight excluding hydrogens is 278 g/mol. The SMILES string of the molecule is Cc1nnnn1CC(=O)N1CCC[C@](C)(c2ccccc2)C1. The molecule has 116 valence electrons. The predicted molar refractivity (Wildman–Crippen MR) is 82.2 cm³/mol. The van der Waals surface area contributed by atoms with E-state index in [2.05, 4.69) is 46.7 Å². The van der Waals surface area contributed by atoms with Gasteiger partial charge in [0, 0.05) is 18.5 Å². The third kappa shape index (κ3) is 2.86. The van der Waals surface area contributed by atoms with Crippen LogP contribution >= 0.6 is 0 Å². The van der Waals surface area contributed by atoms with Crippen LogP contribution in [0.2, 0.25) is 0 Å². The van der Waals surface area contributed by atoms with Gasteiger partial charge in [0.15, 0.2) is 0 Å². The molecule has 0 unspecified atom stereocenters. The van der Waals surface area contributed by atoms with Crippen molar-refractivity contribution in [2.75, 3.05) is 13.1 Å². The highest BCUT2D eigenvalue weighted by molar-refractivity contribution is 5.76. The van der Waals surface area contributed by atoms with E-state index in [1.165, 1.54) is 5.56 Å². The fourth-order valence-electron chi connectivity index (χ4n) is 3.15. The fourth-order valence-corrected chi connectivity index (χ4v) is 3.15. The van der Waals surface area contributed by atoms with E-state index >= 15 is 0 Å². The lowest BCUT2D eigenvalue weighted by molar-refractivity contribution is -0.134. The van der Waals surface area contributed by atoms with E-state index in [4.69, 9.17) is 0 Å². The lowest BCUT2D eigenvalue weighted by atomic mass is 9.76. The normalized spacial score (nSPS) is 21.8. The van der Waals surface area contributed by atoms with Crippen LogP contribution in [0.15, 0.2) is 30.3 Å². The number of piperidine rings is 1. The van der Waals surface area contributed by atoms with Gasteiger partial charge in [0.05, 0.1) is 0 Å². The fraction of sp³-hybridized carbons (Fsp3) is 0.500. The number of benzene rings is 1. The predicted octanol–water partition coefficient (Wildman–Crippen LogP) is 1.56. The topological polar surface area (TPSA) is 63.9 Å². The van der Waals surface area contributed by atoms with Crippen molar-refractivity contribution in [1.82, 2.24) is 25.1 Å². The smallest absolute Gasteiger partial charge is 0.244 e. The highest BCUT2D eigenvalue weighted by Crippen LogP contribution is 2.33. The molecule has 1 aliphatic heterocycles. The number of carbonyl (C=O) groups excluding carboxylic acids is 1. The second kappa shape index (κ2) is 5.87. The van der Waals surface area contributed by atoms with Gasteiger partial charge < -0.3 is 4.90 Å². The minimum absolute atomic E-state index is 0.0187. The number of tetrazole rings is 1. The average molecular weight is 299 g/mol. The molecule has 3 rings (SSSR count). The van der Waals surface area contributed by atoms with Crippen molar-refractivity contribution in [3.8, 4) is 0 Å². The molecule has 0 saturated carbocycles. The van der Waals surface area contributed by atoms with Crippen LogP contribution in [-0.4, -0.2) is 44.1 Å². The molecule has 0 bridgehead atoms. The molecule has 1 aromatic carbocycles. The van der Waals surface area contributed by atoms with Gasteiger partial charge in [-0.2, -0.15) is 0 Å². The van der Waals surface area contributed by atoms with E-state index in [9.17, 15) is 4.79 Å². The van der Waals surface area contributed by atoms with E-state index in [0.717, 1.165) is 25.9 Å². The monoisotopic (exact) mass is 299 g/mol. The van der Waals surface area contributed by atoms with Crippen LogP contribution in [0.1, 0.15) is 31.2 Å². The van der Waals surface area contributed by atoms with Crippen LogP contribution in [0.4, 0.5) is 0 Å². The first-order valence-corrected chi connectivity index (χ1v) is 7.64. The first-order chi connectivity index (χ1) is 10.6. The quantitative estimate of drug-likeness (QED) is 0.863. The number of likely N-dealkylation sites (tertiary alicyclic amines) is 1. The second-order valence-electron chi connectivity index (χ2n) is 6.23. The summed E-state index contributed by atoms with van der Waals surface area (Å²) in [6, 6.07) is 10.5. The molecule has 2 heterocycles. The minimum Gasteiger partial charge on any atom is -0.340 e. The largest absolute Gasteiger partial charge is 0.340 e. The van der Waals surface area contributed by atoms with Crippen molar-refractivity contribution >= 4 is 5.91 Å². The van der Waals surface area contributed by atoms with Crippen molar-refractivity contribution in [3.63, 3.8) is 0 Å². The Balaban J connectivity index is 1.73. The lowest BCUT2D eigenvalue weighted by Crippen LogP contribution is -2.48. The van der Waals surface area contributed by atoms with Gasteiger partial charge in [-0.3, -0.25) is 4.79 Å². The Morgan fingerprint density at radius 2 is 2.09 bits per heavy atom. The molecule has 1 fully saturated rings. The molecule has 6 heteroatoms. The van der Waals surface area contributed by atoms with Crippen LogP contribution in [0, 0.1) is 6.92 Å². The molecule has 22 heavy (non-hydrogen) atoms. The molecule has 1 amide bonds. The number of hydrogen-bond acceptors (Lipinski definition) is 4. The molecule has 1 atom stereocenters. The van der Waals surface area contributed by atoms with Crippen LogP contribution in [0.25, 0.3) is 0 Å². The molecule has 0 radical (unpaired) electrons. The Morgan fingerprint density at radius 1 is 1.32 bits per heavy atom. The average Bonchev–Trinajstić information content (AvgIpc) is 2.93. The standard InChI is InChI=1S/C16H21N5O/c1-13-17-18-19-21(13)11-15(22)20-10-6-9-16(2,12-20)14-7-4-3-5-8-14/h3-5,7-8H,6,9-12H2,1-2H3/t16-/m0/s1. The van der Waals surface area contributed by atoms with Crippen molar-refractivity contribution < 1.29 is 4.79 Å². The Bertz CT molecular complexity index is 654. The van der Waals surface area contributed by atoms with Gasteiger partial charge in [-0.15, -0.1) is 5.10 Å². The van der Waals surface area contributed by atoms with E-state index in [0.29, 0.717) is 5.82 Å². The molecule has 1 aromatic heterocycles. The first-order valence-electron chi connectivity index (χ1n) is 7.64. The molecule has 1 aliphatic rings. The van der Waals surface area contributed by atoms with Gasteiger partial charge in [0.2, 0.25) is 5.91 Å². The molecular formula is C16H21N5O. The summed E-state index contributed by atoms with van der Waals surface area (Å²) in [4.78, 5) is 14.5. The highest BCUT2D eigenvalue weighted by Gasteiger charge is 2.34. The maximum Gasteiger partial charge on any atom is 0.244 e. The van der Waals surface area contributed by atoms with Crippen LogP contribution in [0.3, 0.4) is 0 Å². The van der Waals surface area contributed by atoms with Crippen molar-refractivity contribution in [2.45, 2.75) is 38.6 Å². The summed E-state index contributed by atoms with van der Waals surface area (Å²) in [5, 5.41) is 11.3. The van der Waals surface area contributed by atoms with Gasteiger partial charge >= 0.3 is 0 Å². The maximum atomic E-state index is 12.5. The summed E-state index contributed by atoms with van der Waals surface area (Å²) in [7, 11) is 0. The minimum atomic E-state index is 0.0187. The van der Waals surface area contributed by atoms with Crippen molar-refractivity contribution in [1.29, 1.82) is 0 Å². The zero-order valence-electron chi connectivity index (χ0n) is 13.1. The van der Waals surface area contributed by atoms with Gasteiger partial charge in [-0.05, 0) is 35.8 Å². The molecule has 0 spiro atoms. The van der Waals surface area contributed by atoms with Crippen LogP contribution < -0.4 is 0 Å². The Morgan fingerprint density at radius 3 is 2.77 bits per heavy atom. The number of nitrogens with zero attached hydrogens (tertiary/aromatic N) is 5. The van der Waals surface area contributed by atoms with Crippen molar-refractivity contribution in [3.05, 3.63) is 41.7 Å². The van der Waals surface area contributed by atoms with E-state index < -0.39 is 0 Å². The molecule has 0 N–H and O–H groups in total. The van der Waals surface area contributed by atoms with E-state index in [-0.39, 0.29) is 17.9 Å². The summed E-state index contributed by atoms with van der Waals surface area (Å²) >= 11 is 0. The second-order valence-corrected chi connectivity index (χ2v) is 6.23. The van der Waals surface area contributed by atoms with Gasteiger partial charge in [-0.25, -0.2) is 4.68 Å². The summed E-state index contributed by atoms with van der Waals surface area (Å²) in [6.45, 7) is 5.81. The number of aromatic nitrogens is 4. The third-order valence-electron chi connectivity index (χ3n) is 4.52. The molecule has 6 nitrogen and oxygen atoms in total. The molecule has 1 saturated heterocycles. The Labute approximate surface area is 130 Å². The Hall–Kier alpha value is -2.24. The zero-order valence-corrected chi connectivity index (χ0v) is 13.1. The summed E-state index contributed by atoms with van der Waals surface area (Å²) in [6.07, 6.45) is 2.12. The van der Waals surface area contributed by atoms with E-state index in [1.54, 1.807) is 11.6 Å². The number of rotatable bonds is 3.